The summed E-state index contributed by atoms with van der Waals surface area (Å²) in [4.78, 5) is 11.8. The molecule has 0 fully saturated rings. The highest BCUT2D eigenvalue weighted by Gasteiger charge is 2.18. The molecule has 3 rings (SSSR count). The Morgan fingerprint density at radius 2 is 2.08 bits per heavy atom. The Morgan fingerprint density at radius 3 is 2.76 bits per heavy atom. The van der Waals surface area contributed by atoms with Crippen molar-refractivity contribution in [3.05, 3.63) is 57.8 Å². The van der Waals surface area contributed by atoms with Gasteiger partial charge in [-0.15, -0.1) is 5.10 Å². The lowest BCUT2D eigenvalue weighted by molar-refractivity contribution is 0.603. The molecule has 0 saturated carbocycles. The van der Waals surface area contributed by atoms with E-state index in [0.29, 0.717) is 28.7 Å². The van der Waals surface area contributed by atoms with Crippen LogP contribution in [-0.2, 0) is 12.3 Å². The number of nitriles is 1. The first-order valence-corrected chi connectivity index (χ1v) is 8.96. The predicted octanol–water partition coefficient (Wildman–Crippen LogP) is 2.64. The van der Waals surface area contributed by atoms with Gasteiger partial charge in [-0.3, -0.25) is 4.57 Å². The van der Waals surface area contributed by atoms with Gasteiger partial charge in [-0.2, -0.15) is 10.4 Å². The number of nitrogens with one attached hydrogen (secondary N) is 1. The summed E-state index contributed by atoms with van der Waals surface area (Å²) in [6.07, 6.45) is 0.845. The second-order valence-electron chi connectivity index (χ2n) is 5.52. The fraction of sp³-hybridized carbons (Fsp3) is 0.294. The van der Waals surface area contributed by atoms with Crippen molar-refractivity contribution in [2.75, 3.05) is 0 Å². The molecule has 0 spiro atoms. The van der Waals surface area contributed by atoms with Crippen molar-refractivity contribution < 1.29 is 0 Å². The standard InChI is InChI=1S/C17H18N6OS/c1-3-9-22-16(24)19-20-17(22)25-11-15-14(10-18)12(2)21-23(15)13-7-5-4-6-8-13/h4-8H,3,9,11H2,1-2H3,(H,19,24). The fourth-order valence-electron chi connectivity index (χ4n) is 2.60. The summed E-state index contributed by atoms with van der Waals surface area (Å²) >= 11 is 1.42. The first-order valence-electron chi connectivity index (χ1n) is 7.97. The maximum absolute atomic E-state index is 11.8. The Labute approximate surface area is 149 Å². The van der Waals surface area contributed by atoms with Crippen molar-refractivity contribution in [3.8, 4) is 11.8 Å². The van der Waals surface area contributed by atoms with Gasteiger partial charge in [0.2, 0.25) is 0 Å². The molecule has 0 aliphatic rings. The molecule has 7 nitrogen and oxygen atoms in total. The van der Waals surface area contributed by atoms with E-state index in [4.69, 9.17) is 0 Å². The van der Waals surface area contributed by atoms with Gasteiger partial charge < -0.3 is 0 Å². The summed E-state index contributed by atoms with van der Waals surface area (Å²) in [6, 6.07) is 11.9. The van der Waals surface area contributed by atoms with Gasteiger partial charge in [0.15, 0.2) is 5.16 Å². The molecule has 2 aromatic heterocycles. The van der Waals surface area contributed by atoms with Gasteiger partial charge in [0.05, 0.1) is 22.6 Å². The minimum absolute atomic E-state index is 0.211. The van der Waals surface area contributed by atoms with Gasteiger partial charge in [-0.1, -0.05) is 36.9 Å². The topological polar surface area (TPSA) is 92.3 Å². The predicted molar refractivity (Wildman–Crippen MR) is 95.7 cm³/mol. The summed E-state index contributed by atoms with van der Waals surface area (Å²) in [5.41, 5.74) is 2.74. The van der Waals surface area contributed by atoms with Crippen LogP contribution in [0.5, 0.6) is 0 Å². The lowest BCUT2D eigenvalue weighted by Crippen LogP contribution is -2.17. The molecule has 1 aromatic carbocycles. The molecule has 0 aliphatic carbocycles. The minimum atomic E-state index is -0.211. The Hall–Kier alpha value is -2.79. The highest BCUT2D eigenvalue weighted by Crippen LogP contribution is 2.26. The molecule has 0 unspecified atom stereocenters. The van der Waals surface area contributed by atoms with Crippen LogP contribution in [0.15, 0.2) is 40.3 Å². The summed E-state index contributed by atoms with van der Waals surface area (Å²) in [5.74, 6) is 0.493. The molecule has 2 heterocycles. The zero-order chi connectivity index (χ0) is 17.8. The Kier molecular flexibility index (Phi) is 5.05. The Balaban J connectivity index is 1.95. The lowest BCUT2D eigenvalue weighted by atomic mass is 10.2. The van der Waals surface area contributed by atoms with Crippen LogP contribution in [0.25, 0.3) is 5.69 Å². The van der Waals surface area contributed by atoms with Gasteiger partial charge in [0.1, 0.15) is 6.07 Å². The molecule has 0 bridgehead atoms. The second-order valence-corrected chi connectivity index (χ2v) is 6.46. The first kappa shape index (κ1) is 17.0. The van der Waals surface area contributed by atoms with Crippen LogP contribution in [0.4, 0.5) is 0 Å². The zero-order valence-corrected chi connectivity index (χ0v) is 14.9. The molecule has 0 saturated heterocycles. The van der Waals surface area contributed by atoms with Gasteiger partial charge in [0.25, 0.3) is 0 Å². The molecule has 128 valence electrons. The first-order chi connectivity index (χ1) is 12.2. The number of thioether (sulfide) groups is 1. The van der Waals surface area contributed by atoms with Crippen LogP contribution in [0.2, 0.25) is 0 Å². The number of aryl methyl sites for hydroxylation is 1. The maximum Gasteiger partial charge on any atom is 0.343 e. The number of para-hydroxylation sites is 1. The van der Waals surface area contributed by atoms with Gasteiger partial charge in [-0.25, -0.2) is 14.6 Å². The number of nitrogens with zero attached hydrogens (tertiary/aromatic N) is 5. The molecule has 8 heteroatoms. The quantitative estimate of drug-likeness (QED) is 0.687. The van der Waals surface area contributed by atoms with E-state index in [1.54, 1.807) is 9.25 Å². The van der Waals surface area contributed by atoms with Crippen LogP contribution >= 0.6 is 11.8 Å². The van der Waals surface area contributed by atoms with Gasteiger partial charge >= 0.3 is 5.69 Å². The van der Waals surface area contributed by atoms with Crippen molar-refractivity contribution in [2.45, 2.75) is 37.7 Å². The van der Waals surface area contributed by atoms with E-state index in [1.807, 2.05) is 44.2 Å². The third-order valence-electron chi connectivity index (χ3n) is 3.78. The molecule has 0 aliphatic heterocycles. The normalized spacial score (nSPS) is 10.8. The van der Waals surface area contributed by atoms with E-state index in [-0.39, 0.29) is 5.69 Å². The summed E-state index contributed by atoms with van der Waals surface area (Å²) < 4.78 is 3.41. The van der Waals surface area contributed by atoms with Crippen LogP contribution in [0.3, 0.4) is 0 Å². The largest absolute Gasteiger partial charge is 0.343 e. The third kappa shape index (κ3) is 3.37. The smallest absolute Gasteiger partial charge is 0.270 e. The average Bonchev–Trinajstić information content (AvgIpc) is 3.14. The molecule has 3 aromatic rings. The van der Waals surface area contributed by atoms with Crippen molar-refractivity contribution in [1.82, 2.24) is 24.5 Å². The van der Waals surface area contributed by atoms with Gasteiger partial charge in [-0.05, 0) is 25.5 Å². The van der Waals surface area contributed by atoms with Crippen LogP contribution < -0.4 is 5.69 Å². The van der Waals surface area contributed by atoms with Crippen molar-refractivity contribution in [3.63, 3.8) is 0 Å². The molecule has 1 N–H and O–H groups in total. The number of hydrogen-bond acceptors (Lipinski definition) is 5. The number of H-pyrrole nitrogens is 1. The molecule has 0 radical (unpaired) electrons. The van der Waals surface area contributed by atoms with Crippen LogP contribution in [0.1, 0.15) is 30.3 Å². The lowest BCUT2D eigenvalue weighted by Gasteiger charge is -2.08. The number of hydrogen-bond donors (Lipinski definition) is 1. The van der Waals surface area contributed by atoms with Crippen LogP contribution in [0, 0.1) is 18.3 Å². The SMILES string of the molecule is CCCn1c(SCc2c(C#N)c(C)nn2-c2ccccc2)n[nH]c1=O. The molecule has 0 amide bonds. The molecule has 25 heavy (non-hydrogen) atoms. The Morgan fingerprint density at radius 1 is 1.32 bits per heavy atom. The number of aromatic nitrogens is 5. The second kappa shape index (κ2) is 7.40. The third-order valence-corrected chi connectivity index (χ3v) is 4.76. The van der Waals surface area contributed by atoms with E-state index in [1.165, 1.54) is 11.8 Å². The highest BCUT2D eigenvalue weighted by atomic mass is 32.2. The van der Waals surface area contributed by atoms with Crippen LogP contribution in [-0.4, -0.2) is 24.5 Å². The maximum atomic E-state index is 11.8. The number of aromatic amines is 1. The Bertz CT molecular complexity index is 963. The summed E-state index contributed by atoms with van der Waals surface area (Å²) in [7, 11) is 0. The molecule has 0 atom stereocenters. The van der Waals surface area contributed by atoms with Crippen molar-refractivity contribution in [2.24, 2.45) is 0 Å². The molecular weight excluding hydrogens is 336 g/mol. The van der Waals surface area contributed by atoms with Crippen molar-refractivity contribution in [1.29, 1.82) is 5.26 Å². The fourth-order valence-corrected chi connectivity index (χ4v) is 3.58. The number of benzene rings is 1. The van der Waals surface area contributed by atoms with E-state index in [0.717, 1.165) is 17.8 Å². The average molecular weight is 354 g/mol. The molecular formula is C17H18N6OS. The van der Waals surface area contributed by atoms with E-state index >= 15 is 0 Å². The summed E-state index contributed by atoms with van der Waals surface area (Å²) in [5, 5.41) is 21.2. The van der Waals surface area contributed by atoms with E-state index < -0.39 is 0 Å². The minimum Gasteiger partial charge on any atom is -0.270 e. The van der Waals surface area contributed by atoms with E-state index in [2.05, 4.69) is 21.4 Å². The zero-order valence-electron chi connectivity index (χ0n) is 14.1. The highest BCUT2D eigenvalue weighted by molar-refractivity contribution is 7.98. The summed E-state index contributed by atoms with van der Waals surface area (Å²) in [6.45, 7) is 4.45. The number of rotatable bonds is 6. The van der Waals surface area contributed by atoms with E-state index in [9.17, 15) is 10.1 Å². The monoisotopic (exact) mass is 354 g/mol. The van der Waals surface area contributed by atoms with Gasteiger partial charge in [0, 0.05) is 12.3 Å². The van der Waals surface area contributed by atoms with Crippen molar-refractivity contribution >= 4 is 11.8 Å².